The Kier molecular flexibility index (Phi) is 5.38. The second-order valence-electron chi connectivity index (χ2n) is 4.91. The van der Waals surface area contributed by atoms with E-state index in [4.69, 9.17) is 21.7 Å². The maximum absolute atomic E-state index is 12.4. The van der Waals surface area contributed by atoms with Gasteiger partial charge < -0.3 is 14.8 Å². The minimum absolute atomic E-state index is 0.101. The van der Waals surface area contributed by atoms with E-state index in [0.29, 0.717) is 28.9 Å². The molecule has 118 valence electrons. The Morgan fingerprint density at radius 1 is 1.32 bits per heavy atom. The second kappa shape index (κ2) is 7.26. The van der Waals surface area contributed by atoms with Crippen molar-refractivity contribution in [1.82, 2.24) is 10.2 Å². The minimum atomic E-state index is -0.101. The Morgan fingerprint density at radius 2 is 2.09 bits per heavy atom. The van der Waals surface area contributed by atoms with Crippen molar-refractivity contribution < 1.29 is 14.3 Å². The molecule has 0 radical (unpaired) electrons. The molecule has 0 spiro atoms. The van der Waals surface area contributed by atoms with Gasteiger partial charge in [0.25, 0.3) is 5.91 Å². The van der Waals surface area contributed by atoms with E-state index >= 15 is 0 Å². The molecule has 1 aromatic carbocycles. The van der Waals surface area contributed by atoms with E-state index in [2.05, 4.69) is 12.2 Å². The highest BCUT2D eigenvalue weighted by Crippen LogP contribution is 2.27. The molecule has 0 unspecified atom stereocenters. The van der Waals surface area contributed by atoms with Crippen LogP contribution in [0.2, 0.25) is 0 Å². The number of amides is 1. The van der Waals surface area contributed by atoms with Gasteiger partial charge in [0.2, 0.25) is 0 Å². The normalized spacial score (nSPS) is 16.1. The summed E-state index contributed by atoms with van der Waals surface area (Å²) < 4.78 is 10.5. The topological polar surface area (TPSA) is 50.8 Å². The Bertz CT molecular complexity index is 613. The summed E-state index contributed by atoms with van der Waals surface area (Å²) in [6.07, 6.45) is 3.68. The third-order valence-electron chi connectivity index (χ3n) is 3.44. The third-order valence-corrected chi connectivity index (χ3v) is 3.76. The van der Waals surface area contributed by atoms with Crippen LogP contribution in [-0.4, -0.2) is 36.7 Å². The summed E-state index contributed by atoms with van der Waals surface area (Å²) in [5, 5.41) is 3.43. The predicted molar refractivity (Wildman–Crippen MR) is 89.9 cm³/mol. The number of hydrogen-bond donors (Lipinski definition) is 1. The fraction of sp³-hybridized carbons (Fsp3) is 0.375. The van der Waals surface area contributed by atoms with Gasteiger partial charge in [0.05, 0.1) is 14.2 Å². The summed E-state index contributed by atoms with van der Waals surface area (Å²) in [7, 11) is 3.18. The van der Waals surface area contributed by atoms with Gasteiger partial charge in [-0.3, -0.25) is 9.69 Å². The molecule has 1 N–H and O–H groups in total. The molecule has 1 aliphatic rings. The van der Waals surface area contributed by atoms with Gasteiger partial charge in [-0.2, -0.15) is 0 Å². The largest absolute Gasteiger partial charge is 0.497 e. The zero-order valence-electron chi connectivity index (χ0n) is 13.0. The van der Waals surface area contributed by atoms with Crippen LogP contribution in [0.4, 0.5) is 0 Å². The van der Waals surface area contributed by atoms with E-state index < -0.39 is 0 Å². The highest BCUT2D eigenvalue weighted by molar-refractivity contribution is 7.80. The molecule has 0 aliphatic carbocycles. The summed E-state index contributed by atoms with van der Waals surface area (Å²) in [6.45, 7) is 2.72. The molecule has 0 aromatic heterocycles. The second-order valence-corrected chi connectivity index (χ2v) is 5.29. The fourth-order valence-corrected chi connectivity index (χ4v) is 2.47. The lowest BCUT2D eigenvalue weighted by molar-refractivity contribution is -0.122. The van der Waals surface area contributed by atoms with Crippen LogP contribution in [0.5, 0.6) is 11.5 Å². The maximum Gasteiger partial charge on any atom is 0.276 e. The monoisotopic (exact) mass is 320 g/mol. The number of hydrogen-bond acceptors (Lipinski definition) is 4. The third kappa shape index (κ3) is 3.39. The smallest absolute Gasteiger partial charge is 0.276 e. The van der Waals surface area contributed by atoms with Crippen LogP contribution in [0.15, 0.2) is 23.9 Å². The van der Waals surface area contributed by atoms with Crippen LogP contribution < -0.4 is 14.8 Å². The molecule has 5 nitrogen and oxygen atoms in total. The van der Waals surface area contributed by atoms with Crippen molar-refractivity contribution in [3.05, 3.63) is 29.5 Å². The zero-order valence-corrected chi connectivity index (χ0v) is 13.8. The molecule has 0 saturated carbocycles. The van der Waals surface area contributed by atoms with Gasteiger partial charge in [-0.1, -0.05) is 13.3 Å². The van der Waals surface area contributed by atoms with E-state index in [-0.39, 0.29) is 5.91 Å². The van der Waals surface area contributed by atoms with Gasteiger partial charge in [-0.25, -0.2) is 0 Å². The van der Waals surface area contributed by atoms with E-state index in [9.17, 15) is 4.79 Å². The summed E-state index contributed by atoms with van der Waals surface area (Å²) in [6, 6.07) is 5.44. The molecule has 1 aliphatic heterocycles. The van der Waals surface area contributed by atoms with Crippen molar-refractivity contribution in [1.29, 1.82) is 0 Å². The minimum Gasteiger partial charge on any atom is -0.497 e. The quantitative estimate of drug-likeness (QED) is 0.645. The average Bonchev–Trinajstić information content (AvgIpc) is 2.79. The molecule has 1 amide bonds. The Hall–Kier alpha value is -2.08. The van der Waals surface area contributed by atoms with E-state index in [1.165, 1.54) is 0 Å². The SMILES string of the molecule is CCCCN1C(=O)/C(=C\c2ccc(OC)cc2OC)NC1=S. The highest BCUT2D eigenvalue weighted by Gasteiger charge is 2.30. The molecule has 1 saturated heterocycles. The average molecular weight is 320 g/mol. The van der Waals surface area contributed by atoms with Gasteiger partial charge in [-0.05, 0) is 36.8 Å². The van der Waals surface area contributed by atoms with Crippen LogP contribution in [0, 0.1) is 0 Å². The van der Waals surface area contributed by atoms with Gasteiger partial charge >= 0.3 is 0 Å². The van der Waals surface area contributed by atoms with Gasteiger partial charge in [-0.15, -0.1) is 0 Å². The predicted octanol–water partition coefficient (Wildman–Crippen LogP) is 2.56. The van der Waals surface area contributed by atoms with Crippen LogP contribution in [0.25, 0.3) is 6.08 Å². The van der Waals surface area contributed by atoms with Crippen molar-refractivity contribution in [2.24, 2.45) is 0 Å². The Balaban J connectivity index is 2.26. The number of thiocarbonyl (C=S) groups is 1. The molecule has 1 heterocycles. The zero-order chi connectivity index (χ0) is 16.1. The molecule has 6 heteroatoms. The summed E-state index contributed by atoms with van der Waals surface area (Å²) in [5.74, 6) is 1.24. The van der Waals surface area contributed by atoms with Crippen LogP contribution in [-0.2, 0) is 4.79 Å². The summed E-state index contributed by atoms with van der Waals surface area (Å²) in [4.78, 5) is 14.0. The molecular weight excluding hydrogens is 300 g/mol. The lowest BCUT2D eigenvalue weighted by atomic mass is 10.1. The standard InChI is InChI=1S/C16H20N2O3S/c1-4-5-8-18-15(19)13(17-16(18)22)9-11-6-7-12(20-2)10-14(11)21-3/h6-7,9-10H,4-5,8H2,1-3H3,(H,17,22)/b13-9+. The van der Waals surface area contributed by atoms with Gasteiger partial charge in [0.1, 0.15) is 17.2 Å². The van der Waals surface area contributed by atoms with Crippen LogP contribution in [0.3, 0.4) is 0 Å². The molecule has 1 fully saturated rings. The first kappa shape index (κ1) is 16.3. The first-order valence-corrected chi connectivity index (χ1v) is 7.58. The molecular formula is C16H20N2O3S. The van der Waals surface area contributed by atoms with Crippen molar-refractivity contribution in [2.45, 2.75) is 19.8 Å². The Labute approximate surface area is 135 Å². The van der Waals surface area contributed by atoms with Crippen molar-refractivity contribution in [2.75, 3.05) is 20.8 Å². The number of unbranched alkanes of at least 4 members (excludes halogenated alkanes) is 1. The first-order valence-electron chi connectivity index (χ1n) is 7.17. The molecule has 0 bridgehead atoms. The van der Waals surface area contributed by atoms with Gasteiger partial charge in [0, 0.05) is 18.2 Å². The van der Waals surface area contributed by atoms with E-state index in [1.807, 2.05) is 12.1 Å². The summed E-state index contributed by atoms with van der Waals surface area (Å²) in [5.41, 5.74) is 1.25. The number of carbonyl (C=O) groups is 1. The fourth-order valence-electron chi connectivity index (χ4n) is 2.18. The number of nitrogens with zero attached hydrogens (tertiary/aromatic N) is 1. The number of carbonyl (C=O) groups excluding carboxylic acids is 1. The van der Waals surface area contributed by atoms with Crippen molar-refractivity contribution in [3.8, 4) is 11.5 Å². The lowest BCUT2D eigenvalue weighted by Crippen LogP contribution is -2.31. The van der Waals surface area contributed by atoms with Crippen molar-refractivity contribution >= 4 is 29.3 Å². The highest BCUT2D eigenvalue weighted by atomic mass is 32.1. The first-order chi connectivity index (χ1) is 10.6. The van der Waals surface area contributed by atoms with E-state index in [1.54, 1.807) is 31.3 Å². The number of benzene rings is 1. The van der Waals surface area contributed by atoms with Gasteiger partial charge in [0.15, 0.2) is 5.11 Å². The van der Waals surface area contributed by atoms with E-state index in [0.717, 1.165) is 18.4 Å². The molecule has 22 heavy (non-hydrogen) atoms. The van der Waals surface area contributed by atoms with Crippen LogP contribution in [0.1, 0.15) is 25.3 Å². The molecule has 0 atom stereocenters. The number of ether oxygens (including phenoxy) is 2. The molecule has 2 rings (SSSR count). The number of nitrogens with one attached hydrogen (secondary N) is 1. The number of rotatable bonds is 6. The summed E-state index contributed by atoms with van der Waals surface area (Å²) >= 11 is 5.23. The van der Waals surface area contributed by atoms with Crippen LogP contribution >= 0.6 is 12.2 Å². The lowest BCUT2D eigenvalue weighted by Gasteiger charge is -2.12. The Morgan fingerprint density at radius 3 is 2.73 bits per heavy atom. The number of methoxy groups -OCH3 is 2. The van der Waals surface area contributed by atoms with Crippen molar-refractivity contribution in [3.63, 3.8) is 0 Å². The molecule has 1 aromatic rings. The maximum atomic E-state index is 12.4.